The molecule has 2 heterocycles. The number of nitrogen functional groups attached to an aromatic ring is 1. The van der Waals surface area contributed by atoms with Crippen LogP contribution in [0.2, 0.25) is 0 Å². The fourth-order valence-electron chi connectivity index (χ4n) is 2.05. The highest BCUT2D eigenvalue weighted by atomic mass is 16.1. The largest absolute Gasteiger partial charge is 0.397 e. The normalized spacial score (nSPS) is 11.1. The van der Waals surface area contributed by atoms with Crippen molar-refractivity contribution in [3.05, 3.63) is 40.5 Å². The van der Waals surface area contributed by atoms with E-state index in [4.69, 9.17) is 5.73 Å². The number of hydrogen-bond donors (Lipinski definition) is 2. The molecule has 3 rings (SSSR count). The lowest BCUT2D eigenvalue weighted by Gasteiger charge is -2.08. The molecule has 3 aromatic rings. The molecule has 0 bridgehead atoms. The van der Waals surface area contributed by atoms with Crippen LogP contribution in [0.25, 0.3) is 16.6 Å². The minimum Gasteiger partial charge on any atom is -0.397 e. The molecule has 0 saturated heterocycles. The van der Waals surface area contributed by atoms with Crippen molar-refractivity contribution < 1.29 is 0 Å². The smallest absolute Gasteiger partial charge is 0.258 e. The van der Waals surface area contributed by atoms with Gasteiger partial charge >= 0.3 is 0 Å². The average molecular weight is 256 g/mol. The standard InChI is InChI=1S/C12H12N6O/c1-6-16-7(2)18(17-6)11-4-10-8(3-9(11)13)12(19)15-5-14-10/h3-5H,13H2,1-2H3,(H,14,15,19). The number of nitrogens with two attached hydrogens (primary N) is 1. The molecular formula is C12H12N6O. The van der Waals surface area contributed by atoms with Crippen LogP contribution in [0.5, 0.6) is 0 Å². The van der Waals surface area contributed by atoms with Gasteiger partial charge in [0.15, 0.2) is 0 Å². The van der Waals surface area contributed by atoms with Crippen molar-refractivity contribution in [1.29, 1.82) is 0 Å². The first-order valence-corrected chi connectivity index (χ1v) is 5.74. The first-order valence-electron chi connectivity index (χ1n) is 5.74. The molecule has 7 heteroatoms. The Morgan fingerprint density at radius 3 is 2.79 bits per heavy atom. The van der Waals surface area contributed by atoms with Crippen LogP contribution in [-0.2, 0) is 0 Å². The van der Waals surface area contributed by atoms with Gasteiger partial charge in [-0.2, -0.15) is 5.10 Å². The monoisotopic (exact) mass is 256 g/mol. The van der Waals surface area contributed by atoms with E-state index in [2.05, 4.69) is 20.1 Å². The molecule has 0 atom stereocenters. The number of anilines is 1. The molecule has 7 nitrogen and oxygen atoms in total. The Labute approximate surface area is 108 Å². The van der Waals surface area contributed by atoms with Gasteiger partial charge in [-0.15, -0.1) is 0 Å². The number of rotatable bonds is 1. The second-order valence-electron chi connectivity index (χ2n) is 4.28. The number of H-pyrrole nitrogens is 1. The Morgan fingerprint density at radius 2 is 2.11 bits per heavy atom. The van der Waals surface area contributed by atoms with Gasteiger partial charge in [0, 0.05) is 0 Å². The highest BCUT2D eigenvalue weighted by molar-refractivity contribution is 5.85. The third-order valence-corrected chi connectivity index (χ3v) is 2.89. The van der Waals surface area contributed by atoms with E-state index in [1.165, 1.54) is 6.33 Å². The topological polar surface area (TPSA) is 102 Å². The summed E-state index contributed by atoms with van der Waals surface area (Å²) in [6.45, 7) is 3.65. The van der Waals surface area contributed by atoms with Crippen LogP contribution in [0.4, 0.5) is 5.69 Å². The minimum absolute atomic E-state index is 0.213. The van der Waals surface area contributed by atoms with Crippen molar-refractivity contribution >= 4 is 16.6 Å². The van der Waals surface area contributed by atoms with Crippen LogP contribution in [0.15, 0.2) is 23.3 Å². The van der Waals surface area contributed by atoms with Crippen LogP contribution < -0.4 is 11.3 Å². The van der Waals surface area contributed by atoms with Crippen LogP contribution in [0, 0.1) is 13.8 Å². The summed E-state index contributed by atoms with van der Waals surface area (Å²) in [5.41, 5.74) is 7.48. The van der Waals surface area contributed by atoms with Gasteiger partial charge in [-0.3, -0.25) is 4.79 Å². The molecule has 0 amide bonds. The maximum absolute atomic E-state index is 11.7. The maximum atomic E-state index is 11.7. The van der Waals surface area contributed by atoms with Gasteiger partial charge < -0.3 is 10.7 Å². The van der Waals surface area contributed by atoms with Crippen molar-refractivity contribution in [2.24, 2.45) is 0 Å². The van der Waals surface area contributed by atoms with Crippen molar-refractivity contribution in [3.63, 3.8) is 0 Å². The number of aryl methyl sites for hydroxylation is 2. The van der Waals surface area contributed by atoms with Gasteiger partial charge in [0.05, 0.1) is 28.6 Å². The van der Waals surface area contributed by atoms with Crippen molar-refractivity contribution in [2.75, 3.05) is 5.73 Å². The summed E-state index contributed by atoms with van der Waals surface area (Å²) >= 11 is 0. The van der Waals surface area contributed by atoms with Crippen LogP contribution in [-0.4, -0.2) is 24.7 Å². The molecular weight excluding hydrogens is 244 g/mol. The Kier molecular flexibility index (Phi) is 2.34. The van der Waals surface area contributed by atoms with Crippen LogP contribution in [0.1, 0.15) is 11.6 Å². The van der Waals surface area contributed by atoms with E-state index >= 15 is 0 Å². The number of nitrogens with one attached hydrogen (secondary N) is 1. The second-order valence-corrected chi connectivity index (χ2v) is 4.28. The van der Waals surface area contributed by atoms with Crippen molar-refractivity contribution in [2.45, 2.75) is 13.8 Å². The quantitative estimate of drug-likeness (QED) is 0.624. The summed E-state index contributed by atoms with van der Waals surface area (Å²) < 4.78 is 1.65. The molecule has 0 unspecified atom stereocenters. The van der Waals surface area contributed by atoms with Gasteiger partial charge in [0.25, 0.3) is 5.56 Å². The van der Waals surface area contributed by atoms with Crippen molar-refractivity contribution in [1.82, 2.24) is 24.7 Å². The van der Waals surface area contributed by atoms with Crippen molar-refractivity contribution in [3.8, 4) is 5.69 Å². The number of aromatic nitrogens is 5. The third kappa shape index (κ3) is 1.75. The van der Waals surface area contributed by atoms with E-state index < -0.39 is 0 Å². The van der Waals surface area contributed by atoms with Gasteiger partial charge in [-0.25, -0.2) is 14.6 Å². The van der Waals surface area contributed by atoms with E-state index in [1.807, 2.05) is 13.8 Å². The molecule has 0 fully saturated rings. The molecule has 2 aromatic heterocycles. The molecule has 96 valence electrons. The summed E-state index contributed by atoms with van der Waals surface area (Å²) in [4.78, 5) is 22.6. The number of hydrogen-bond acceptors (Lipinski definition) is 5. The molecule has 0 saturated carbocycles. The summed E-state index contributed by atoms with van der Waals surface area (Å²) in [6.07, 6.45) is 1.37. The zero-order valence-electron chi connectivity index (χ0n) is 10.5. The highest BCUT2D eigenvalue weighted by Crippen LogP contribution is 2.22. The molecule has 19 heavy (non-hydrogen) atoms. The SMILES string of the molecule is Cc1nc(C)n(-c2cc3nc[nH]c(=O)c3cc2N)n1. The van der Waals surface area contributed by atoms with Gasteiger partial charge in [0.1, 0.15) is 11.6 Å². The van der Waals surface area contributed by atoms with Gasteiger partial charge in [-0.05, 0) is 26.0 Å². The molecule has 0 spiro atoms. The molecule has 3 N–H and O–H groups in total. The third-order valence-electron chi connectivity index (χ3n) is 2.89. The first-order chi connectivity index (χ1) is 9.06. The zero-order chi connectivity index (χ0) is 13.6. The predicted molar refractivity (Wildman–Crippen MR) is 71.2 cm³/mol. The van der Waals surface area contributed by atoms with Crippen LogP contribution >= 0.6 is 0 Å². The lowest BCUT2D eigenvalue weighted by Crippen LogP contribution is -2.09. The number of aromatic amines is 1. The molecule has 0 radical (unpaired) electrons. The summed E-state index contributed by atoms with van der Waals surface area (Å²) in [6, 6.07) is 3.34. The Morgan fingerprint density at radius 1 is 1.32 bits per heavy atom. The van der Waals surface area contributed by atoms with E-state index in [9.17, 15) is 4.79 Å². The van der Waals surface area contributed by atoms with E-state index in [-0.39, 0.29) is 5.56 Å². The lowest BCUT2D eigenvalue weighted by molar-refractivity contribution is 0.834. The summed E-state index contributed by atoms with van der Waals surface area (Å²) in [5.74, 6) is 1.39. The first kappa shape index (κ1) is 11.4. The molecule has 0 aliphatic rings. The number of benzene rings is 1. The Bertz CT molecular complexity index is 832. The van der Waals surface area contributed by atoms with Gasteiger partial charge in [-0.1, -0.05) is 0 Å². The zero-order valence-corrected chi connectivity index (χ0v) is 10.5. The van der Waals surface area contributed by atoms with Gasteiger partial charge in [0.2, 0.25) is 0 Å². The summed E-state index contributed by atoms with van der Waals surface area (Å²) in [5, 5.41) is 4.74. The van der Waals surface area contributed by atoms with Crippen LogP contribution in [0.3, 0.4) is 0 Å². The van der Waals surface area contributed by atoms with E-state index in [1.54, 1.807) is 16.8 Å². The maximum Gasteiger partial charge on any atom is 0.258 e. The van der Waals surface area contributed by atoms with E-state index in [0.29, 0.717) is 28.1 Å². The fourth-order valence-corrected chi connectivity index (χ4v) is 2.05. The Hall–Kier alpha value is -2.70. The predicted octanol–water partition coefficient (Wildman–Crippen LogP) is 0.703. The lowest BCUT2D eigenvalue weighted by atomic mass is 10.2. The highest BCUT2D eigenvalue weighted by Gasteiger charge is 2.11. The molecule has 0 aliphatic heterocycles. The summed E-state index contributed by atoms with van der Waals surface area (Å²) in [7, 11) is 0. The molecule has 0 aliphatic carbocycles. The fraction of sp³-hybridized carbons (Fsp3) is 0.167. The second kappa shape index (κ2) is 3.91. The minimum atomic E-state index is -0.213. The number of fused-ring (bicyclic) bond motifs is 1. The molecule has 1 aromatic carbocycles. The van der Waals surface area contributed by atoms with E-state index in [0.717, 1.165) is 5.82 Å². The average Bonchev–Trinajstić information content (AvgIpc) is 2.69. The Balaban J connectivity index is 2.34. The number of nitrogens with zero attached hydrogens (tertiary/aromatic N) is 4.